The summed E-state index contributed by atoms with van der Waals surface area (Å²) >= 11 is 0. The molecular formula is C14H14F3NO. The van der Waals surface area contributed by atoms with Crippen molar-refractivity contribution in [3.63, 3.8) is 0 Å². The van der Waals surface area contributed by atoms with Crippen LogP contribution in [0.3, 0.4) is 0 Å². The van der Waals surface area contributed by atoms with Crippen LogP contribution in [0, 0.1) is 31.3 Å². The molecule has 2 aromatic rings. The topological polar surface area (TPSA) is 25.2 Å². The van der Waals surface area contributed by atoms with Gasteiger partial charge in [-0.3, -0.25) is 0 Å². The van der Waals surface area contributed by atoms with Crippen LogP contribution in [0.2, 0.25) is 0 Å². The highest BCUT2D eigenvalue weighted by molar-refractivity contribution is 5.35. The fourth-order valence-electron chi connectivity index (χ4n) is 2.17. The third-order valence-electron chi connectivity index (χ3n) is 3.03. The van der Waals surface area contributed by atoms with Crippen LogP contribution in [0.4, 0.5) is 13.2 Å². The third kappa shape index (κ3) is 2.51. The molecule has 0 aliphatic heterocycles. The predicted octanol–water partition coefficient (Wildman–Crippen LogP) is 3.62. The smallest absolute Gasteiger partial charge is 0.161 e. The van der Waals surface area contributed by atoms with E-state index in [1.807, 2.05) is 0 Å². The van der Waals surface area contributed by atoms with Crippen molar-refractivity contribution in [2.75, 3.05) is 7.05 Å². The standard InChI is InChI=1S/C14H14F3NO/c1-7-4-9(8(2)19-7)14(18-3)10-5-12(16)13(17)6-11(10)15/h4-6,14,18H,1-3H3. The van der Waals surface area contributed by atoms with Crippen molar-refractivity contribution in [1.29, 1.82) is 0 Å². The molecule has 1 N–H and O–H groups in total. The molecule has 0 saturated carbocycles. The first-order valence-corrected chi connectivity index (χ1v) is 5.82. The van der Waals surface area contributed by atoms with Gasteiger partial charge < -0.3 is 9.73 Å². The Balaban J connectivity index is 2.54. The summed E-state index contributed by atoms with van der Waals surface area (Å²) in [5.74, 6) is -1.78. The number of halogens is 3. The summed E-state index contributed by atoms with van der Waals surface area (Å²) in [6.45, 7) is 3.51. The number of aryl methyl sites for hydroxylation is 2. The van der Waals surface area contributed by atoms with Gasteiger partial charge in [0.25, 0.3) is 0 Å². The molecule has 19 heavy (non-hydrogen) atoms. The van der Waals surface area contributed by atoms with E-state index in [1.54, 1.807) is 27.0 Å². The Morgan fingerprint density at radius 2 is 1.58 bits per heavy atom. The SMILES string of the molecule is CNC(c1cc(F)c(F)cc1F)c1cc(C)oc1C. The van der Waals surface area contributed by atoms with Crippen molar-refractivity contribution in [3.8, 4) is 0 Å². The van der Waals surface area contributed by atoms with E-state index in [1.165, 1.54) is 0 Å². The fourth-order valence-corrected chi connectivity index (χ4v) is 2.17. The van der Waals surface area contributed by atoms with Crippen LogP contribution in [0.15, 0.2) is 22.6 Å². The molecule has 2 rings (SSSR count). The average Bonchev–Trinajstić information content (AvgIpc) is 2.66. The van der Waals surface area contributed by atoms with E-state index in [9.17, 15) is 13.2 Å². The van der Waals surface area contributed by atoms with Crippen molar-refractivity contribution < 1.29 is 17.6 Å². The van der Waals surface area contributed by atoms with Gasteiger partial charge in [0.15, 0.2) is 11.6 Å². The van der Waals surface area contributed by atoms with Crippen LogP contribution in [-0.4, -0.2) is 7.05 Å². The number of hydrogen-bond acceptors (Lipinski definition) is 2. The van der Waals surface area contributed by atoms with Crippen molar-refractivity contribution >= 4 is 0 Å². The van der Waals surface area contributed by atoms with Gasteiger partial charge in [0, 0.05) is 17.2 Å². The minimum Gasteiger partial charge on any atom is -0.466 e. The molecule has 0 saturated heterocycles. The third-order valence-corrected chi connectivity index (χ3v) is 3.03. The molecule has 1 heterocycles. The maximum atomic E-state index is 13.8. The second-order valence-electron chi connectivity index (χ2n) is 4.38. The molecule has 5 heteroatoms. The van der Waals surface area contributed by atoms with E-state index in [4.69, 9.17) is 4.42 Å². The summed E-state index contributed by atoms with van der Waals surface area (Å²) in [6.07, 6.45) is 0. The van der Waals surface area contributed by atoms with Crippen LogP contribution in [0.25, 0.3) is 0 Å². The van der Waals surface area contributed by atoms with Crippen molar-refractivity contribution in [2.24, 2.45) is 0 Å². The summed E-state index contributed by atoms with van der Waals surface area (Å²) < 4.78 is 45.4. The molecule has 0 aliphatic rings. The van der Waals surface area contributed by atoms with Crippen molar-refractivity contribution in [3.05, 3.63) is 58.3 Å². The average molecular weight is 269 g/mol. The lowest BCUT2D eigenvalue weighted by atomic mass is 9.98. The highest BCUT2D eigenvalue weighted by Gasteiger charge is 2.22. The van der Waals surface area contributed by atoms with Crippen LogP contribution in [0.5, 0.6) is 0 Å². The number of benzene rings is 1. The molecule has 1 aromatic carbocycles. The van der Waals surface area contributed by atoms with Crippen LogP contribution in [0.1, 0.15) is 28.7 Å². The highest BCUT2D eigenvalue weighted by Crippen LogP contribution is 2.29. The molecule has 0 aliphatic carbocycles. The van der Waals surface area contributed by atoms with Crippen LogP contribution < -0.4 is 5.32 Å². The van der Waals surface area contributed by atoms with Crippen LogP contribution >= 0.6 is 0 Å². The zero-order chi connectivity index (χ0) is 14.2. The number of hydrogen-bond donors (Lipinski definition) is 1. The number of furan rings is 1. The lowest BCUT2D eigenvalue weighted by Crippen LogP contribution is -2.19. The summed E-state index contributed by atoms with van der Waals surface area (Å²) in [7, 11) is 1.62. The second kappa shape index (κ2) is 5.09. The molecule has 0 bridgehead atoms. The van der Waals surface area contributed by atoms with E-state index in [-0.39, 0.29) is 5.56 Å². The van der Waals surface area contributed by atoms with E-state index in [0.29, 0.717) is 23.2 Å². The molecule has 0 spiro atoms. The lowest BCUT2D eigenvalue weighted by molar-refractivity contribution is 0.478. The Labute approximate surface area is 109 Å². The van der Waals surface area contributed by atoms with E-state index in [0.717, 1.165) is 6.07 Å². The monoisotopic (exact) mass is 269 g/mol. The van der Waals surface area contributed by atoms with Gasteiger partial charge in [-0.25, -0.2) is 13.2 Å². The lowest BCUT2D eigenvalue weighted by Gasteiger charge is -2.17. The molecular weight excluding hydrogens is 255 g/mol. The second-order valence-corrected chi connectivity index (χ2v) is 4.38. The molecule has 102 valence electrons. The summed E-state index contributed by atoms with van der Waals surface area (Å²) in [5, 5.41) is 2.89. The van der Waals surface area contributed by atoms with Gasteiger partial charge in [0.1, 0.15) is 17.3 Å². The first kappa shape index (κ1) is 13.7. The largest absolute Gasteiger partial charge is 0.466 e. The Bertz CT molecular complexity index is 607. The first-order chi connectivity index (χ1) is 8.93. The van der Waals surface area contributed by atoms with Gasteiger partial charge in [0.05, 0.1) is 6.04 Å². The van der Waals surface area contributed by atoms with Crippen LogP contribution in [-0.2, 0) is 0 Å². The normalized spacial score (nSPS) is 12.7. The highest BCUT2D eigenvalue weighted by atomic mass is 19.2. The Morgan fingerprint density at radius 3 is 2.11 bits per heavy atom. The Morgan fingerprint density at radius 1 is 0.947 bits per heavy atom. The summed E-state index contributed by atoms with van der Waals surface area (Å²) in [5.41, 5.74) is 0.746. The van der Waals surface area contributed by atoms with Gasteiger partial charge in [-0.2, -0.15) is 0 Å². The maximum Gasteiger partial charge on any atom is 0.161 e. The zero-order valence-corrected chi connectivity index (χ0v) is 10.9. The van der Waals surface area contributed by atoms with Gasteiger partial charge >= 0.3 is 0 Å². The molecule has 0 fully saturated rings. The minimum absolute atomic E-state index is 0.0466. The van der Waals surface area contributed by atoms with E-state index in [2.05, 4.69) is 5.32 Å². The quantitative estimate of drug-likeness (QED) is 0.861. The van der Waals surface area contributed by atoms with E-state index < -0.39 is 23.5 Å². The van der Waals surface area contributed by atoms with Gasteiger partial charge in [-0.15, -0.1) is 0 Å². The molecule has 1 aromatic heterocycles. The van der Waals surface area contributed by atoms with Gasteiger partial charge in [-0.1, -0.05) is 0 Å². The molecule has 1 atom stereocenters. The van der Waals surface area contributed by atoms with Crippen molar-refractivity contribution in [2.45, 2.75) is 19.9 Å². The van der Waals surface area contributed by atoms with Gasteiger partial charge in [-0.05, 0) is 33.0 Å². The summed E-state index contributed by atoms with van der Waals surface area (Å²) in [4.78, 5) is 0. The Hall–Kier alpha value is -1.75. The fraction of sp³-hybridized carbons (Fsp3) is 0.286. The minimum atomic E-state index is -1.20. The molecule has 0 radical (unpaired) electrons. The summed E-state index contributed by atoms with van der Waals surface area (Å²) in [6, 6.07) is 2.58. The van der Waals surface area contributed by atoms with Crippen molar-refractivity contribution in [1.82, 2.24) is 5.32 Å². The maximum absolute atomic E-state index is 13.8. The number of nitrogens with one attached hydrogen (secondary N) is 1. The number of rotatable bonds is 3. The molecule has 0 amide bonds. The van der Waals surface area contributed by atoms with Gasteiger partial charge in [0.2, 0.25) is 0 Å². The molecule has 1 unspecified atom stereocenters. The zero-order valence-electron chi connectivity index (χ0n) is 10.9. The Kier molecular flexibility index (Phi) is 3.66. The predicted molar refractivity (Wildman–Crippen MR) is 65.4 cm³/mol. The van der Waals surface area contributed by atoms with E-state index >= 15 is 0 Å². The first-order valence-electron chi connectivity index (χ1n) is 5.82. The molecule has 2 nitrogen and oxygen atoms in total.